The van der Waals surface area contributed by atoms with E-state index >= 15 is 0 Å². The van der Waals surface area contributed by atoms with Gasteiger partial charge in [-0.1, -0.05) is 48.0 Å². The molecule has 2 aromatic rings. The molecule has 0 radical (unpaired) electrons. The smallest absolute Gasteiger partial charge is 0.267 e. The van der Waals surface area contributed by atoms with Gasteiger partial charge in [0.2, 0.25) is 0 Å². The summed E-state index contributed by atoms with van der Waals surface area (Å²) in [6.45, 7) is 0. The number of carbonyl (C=O) groups is 1. The van der Waals surface area contributed by atoms with Crippen LogP contribution in [-0.4, -0.2) is 12.1 Å². The summed E-state index contributed by atoms with van der Waals surface area (Å²) >= 11 is 5.80. The van der Waals surface area contributed by atoms with Crippen molar-refractivity contribution in [1.82, 2.24) is 5.43 Å². The van der Waals surface area contributed by atoms with Crippen molar-refractivity contribution in [2.75, 3.05) is 0 Å². The van der Waals surface area contributed by atoms with Gasteiger partial charge in [-0.15, -0.1) is 0 Å². The molecule has 0 aromatic heterocycles. The van der Waals surface area contributed by atoms with E-state index in [2.05, 4.69) is 10.5 Å². The molecule has 0 bridgehead atoms. The molecule has 18 heavy (non-hydrogen) atoms. The first-order valence-electron chi connectivity index (χ1n) is 5.40. The fraction of sp³-hybridized carbons (Fsp3) is 0. The summed E-state index contributed by atoms with van der Waals surface area (Å²) in [5.74, 6) is -0.287. The fourth-order valence-electron chi connectivity index (χ4n) is 1.40. The zero-order valence-corrected chi connectivity index (χ0v) is 10.3. The van der Waals surface area contributed by atoms with Crippen LogP contribution in [0.25, 0.3) is 0 Å². The molecule has 1 amide bonds. The highest BCUT2D eigenvalue weighted by Gasteiger charge is 2.03. The lowest BCUT2D eigenvalue weighted by Crippen LogP contribution is -2.17. The van der Waals surface area contributed by atoms with Crippen LogP contribution >= 0.6 is 11.6 Å². The Hall–Kier alpha value is -2.13. The molecule has 0 saturated heterocycles. The molecular weight excluding hydrogens is 248 g/mol. The molecule has 90 valence electrons. The second-order valence-corrected chi connectivity index (χ2v) is 4.06. The Labute approximate surface area is 110 Å². The molecule has 4 heteroatoms. The standard InChI is InChI=1S/C14H11ClN2O/c15-13-8-4-7-12(9-13)14(18)17-16-10-11-5-2-1-3-6-11/h1-10H,(H,17,18). The topological polar surface area (TPSA) is 41.5 Å². The number of nitrogens with zero attached hydrogens (tertiary/aromatic N) is 1. The number of rotatable bonds is 3. The van der Waals surface area contributed by atoms with E-state index in [4.69, 9.17) is 11.6 Å². The number of hydrazone groups is 1. The van der Waals surface area contributed by atoms with Gasteiger partial charge in [0.05, 0.1) is 6.21 Å². The highest BCUT2D eigenvalue weighted by Crippen LogP contribution is 2.10. The third-order valence-electron chi connectivity index (χ3n) is 2.27. The minimum atomic E-state index is -0.287. The van der Waals surface area contributed by atoms with E-state index in [9.17, 15) is 4.79 Å². The molecule has 0 aliphatic heterocycles. The van der Waals surface area contributed by atoms with Gasteiger partial charge in [-0.05, 0) is 23.8 Å². The van der Waals surface area contributed by atoms with Crippen molar-refractivity contribution >= 4 is 23.7 Å². The van der Waals surface area contributed by atoms with Crippen molar-refractivity contribution in [2.45, 2.75) is 0 Å². The Kier molecular flexibility index (Phi) is 4.10. The fourth-order valence-corrected chi connectivity index (χ4v) is 1.59. The van der Waals surface area contributed by atoms with E-state index in [1.54, 1.807) is 30.5 Å². The van der Waals surface area contributed by atoms with Crippen LogP contribution in [0.2, 0.25) is 5.02 Å². The van der Waals surface area contributed by atoms with Crippen LogP contribution in [0.4, 0.5) is 0 Å². The molecule has 3 nitrogen and oxygen atoms in total. The largest absolute Gasteiger partial charge is 0.271 e. The lowest BCUT2D eigenvalue weighted by Gasteiger charge is -1.99. The van der Waals surface area contributed by atoms with Gasteiger partial charge in [0.15, 0.2) is 0 Å². The molecule has 0 unspecified atom stereocenters. The number of halogens is 1. The Morgan fingerprint density at radius 1 is 1.11 bits per heavy atom. The number of hydrogen-bond donors (Lipinski definition) is 1. The van der Waals surface area contributed by atoms with Crippen LogP contribution in [0.15, 0.2) is 59.7 Å². The minimum Gasteiger partial charge on any atom is -0.267 e. The normalized spacial score (nSPS) is 10.5. The van der Waals surface area contributed by atoms with Crippen LogP contribution in [-0.2, 0) is 0 Å². The number of nitrogens with one attached hydrogen (secondary N) is 1. The first-order valence-corrected chi connectivity index (χ1v) is 5.77. The van der Waals surface area contributed by atoms with Gasteiger partial charge in [0.1, 0.15) is 0 Å². The average molecular weight is 259 g/mol. The number of benzene rings is 2. The van der Waals surface area contributed by atoms with Crippen molar-refractivity contribution in [3.05, 3.63) is 70.7 Å². The maximum atomic E-state index is 11.7. The van der Waals surface area contributed by atoms with Crippen molar-refractivity contribution in [3.63, 3.8) is 0 Å². The van der Waals surface area contributed by atoms with E-state index in [1.807, 2.05) is 30.3 Å². The first kappa shape index (κ1) is 12.3. The maximum absolute atomic E-state index is 11.7. The van der Waals surface area contributed by atoms with Gasteiger partial charge in [0.25, 0.3) is 5.91 Å². The predicted molar refractivity (Wildman–Crippen MR) is 73.0 cm³/mol. The third-order valence-corrected chi connectivity index (χ3v) is 2.50. The van der Waals surface area contributed by atoms with Crippen LogP contribution in [0, 0.1) is 0 Å². The Morgan fingerprint density at radius 3 is 2.61 bits per heavy atom. The minimum absolute atomic E-state index is 0.287. The maximum Gasteiger partial charge on any atom is 0.271 e. The number of hydrogen-bond acceptors (Lipinski definition) is 2. The number of amides is 1. The average Bonchev–Trinajstić information content (AvgIpc) is 2.40. The third kappa shape index (κ3) is 3.43. The van der Waals surface area contributed by atoms with Crippen LogP contribution in [0.3, 0.4) is 0 Å². The second kappa shape index (κ2) is 5.98. The molecular formula is C14H11ClN2O. The monoisotopic (exact) mass is 258 g/mol. The molecule has 1 N–H and O–H groups in total. The molecule has 0 atom stereocenters. The van der Waals surface area contributed by atoms with Crippen molar-refractivity contribution in [2.24, 2.45) is 5.10 Å². The summed E-state index contributed by atoms with van der Waals surface area (Å²) in [6, 6.07) is 16.2. The van der Waals surface area contributed by atoms with Gasteiger partial charge < -0.3 is 0 Å². The van der Waals surface area contributed by atoms with Gasteiger partial charge in [-0.2, -0.15) is 5.10 Å². The van der Waals surface area contributed by atoms with E-state index < -0.39 is 0 Å². The molecule has 0 fully saturated rings. The first-order chi connectivity index (χ1) is 8.75. The lowest BCUT2D eigenvalue weighted by molar-refractivity contribution is 0.0955. The van der Waals surface area contributed by atoms with Gasteiger partial charge in [-0.25, -0.2) is 5.43 Å². The predicted octanol–water partition coefficient (Wildman–Crippen LogP) is 3.10. The lowest BCUT2D eigenvalue weighted by atomic mass is 10.2. The summed E-state index contributed by atoms with van der Waals surface area (Å²) in [4.78, 5) is 11.7. The van der Waals surface area contributed by atoms with Gasteiger partial charge in [-0.3, -0.25) is 4.79 Å². The summed E-state index contributed by atoms with van der Waals surface area (Å²) in [5.41, 5.74) is 3.85. The zero-order chi connectivity index (χ0) is 12.8. The summed E-state index contributed by atoms with van der Waals surface area (Å²) in [5, 5.41) is 4.40. The summed E-state index contributed by atoms with van der Waals surface area (Å²) < 4.78 is 0. The van der Waals surface area contributed by atoms with E-state index in [1.165, 1.54) is 0 Å². The Morgan fingerprint density at radius 2 is 1.89 bits per heavy atom. The van der Waals surface area contributed by atoms with Gasteiger partial charge >= 0.3 is 0 Å². The highest BCUT2D eigenvalue weighted by atomic mass is 35.5. The highest BCUT2D eigenvalue weighted by molar-refractivity contribution is 6.30. The summed E-state index contributed by atoms with van der Waals surface area (Å²) in [7, 11) is 0. The van der Waals surface area contributed by atoms with Crippen LogP contribution < -0.4 is 5.43 Å². The van der Waals surface area contributed by atoms with E-state index in [0.29, 0.717) is 10.6 Å². The van der Waals surface area contributed by atoms with Crippen molar-refractivity contribution in [1.29, 1.82) is 0 Å². The van der Waals surface area contributed by atoms with Crippen molar-refractivity contribution in [3.8, 4) is 0 Å². The molecule has 0 aliphatic carbocycles. The quantitative estimate of drug-likeness (QED) is 0.667. The van der Waals surface area contributed by atoms with E-state index in [0.717, 1.165) is 5.56 Å². The molecule has 2 aromatic carbocycles. The molecule has 0 aliphatic rings. The Bertz CT molecular complexity index is 567. The molecule has 2 rings (SSSR count). The molecule has 0 heterocycles. The molecule has 0 saturated carbocycles. The van der Waals surface area contributed by atoms with Gasteiger partial charge in [0, 0.05) is 10.6 Å². The second-order valence-electron chi connectivity index (χ2n) is 3.62. The van der Waals surface area contributed by atoms with Crippen LogP contribution in [0.5, 0.6) is 0 Å². The molecule has 0 spiro atoms. The van der Waals surface area contributed by atoms with Crippen molar-refractivity contribution < 1.29 is 4.79 Å². The Balaban J connectivity index is 1.99. The SMILES string of the molecule is O=C(NN=Cc1ccccc1)c1cccc(Cl)c1. The number of carbonyl (C=O) groups excluding carboxylic acids is 1. The zero-order valence-electron chi connectivity index (χ0n) is 9.51. The van der Waals surface area contributed by atoms with E-state index in [-0.39, 0.29) is 5.91 Å². The van der Waals surface area contributed by atoms with Crippen LogP contribution in [0.1, 0.15) is 15.9 Å². The summed E-state index contributed by atoms with van der Waals surface area (Å²) in [6.07, 6.45) is 1.59.